The third-order valence-corrected chi connectivity index (χ3v) is 5.52. The number of hydrogen-bond donors (Lipinski definition) is 1. The molecule has 0 saturated carbocycles. The van der Waals surface area contributed by atoms with Crippen molar-refractivity contribution in [2.45, 2.75) is 39.2 Å². The van der Waals surface area contributed by atoms with Crippen molar-refractivity contribution in [1.29, 1.82) is 0 Å². The summed E-state index contributed by atoms with van der Waals surface area (Å²) in [5.41, 5.74) is 5.64. The summed E-state index contributed by atoms with van der Waals surface area (Å²) in [6.07, 6.45) is 3.43. The van der Waals surface area contributed by atoms with Gasteiger partial charge in [0.2, 0.25) is 0 Å². The first-order valence-corrected chi connectivity index (χ1v) is 11.5. The zero-order valence-corrected chi connectivity index (χ0v) is 19.4. The van der Waals surface area contributed by atoms with Crippen molar-refractivity contribution in [1.82, 2.24) is 0 Å². The van der Waals surface area contributed by atoms with E-state index in [-0.39, 0.29) is 0 Å². The normalized spacial score (nSPS) is 12.4. The average molecular weight is 445 g/mol. The molecule has 33 heavy (non-hydrogen) atoms. The highest BCUT2D eigenvalue weighted by molar-refractivity contribution is 5.72. The van der Waals surface area contributed by atoms with Crippen LogP contribution in [0.25, 0.3) is 16.7 Å². The van der Waals surface area contributed by atoms with E-state index < -0.39 is 12.1 Å². The lowest BCUT2D eigenvalue weighted by molar-refractivity contribution is -0.150. The summed E-state index contributed by atoms with van der Waals surface area (Å²) in [6.45, 7) is 5.06. The zero-order valence-electron chi connectivity index (χ0n) is 19.4. The molecule has 0 aliphatic heterocycles. The lowest BCUT2D eigenvalue weighted by atomic mass is 10.0. The number of carboxylic acids is 1. The minimum absolute atomic E-state index is 0.345. The average Bonchev–Trinajstić information content (AvgIpc) is 2.85. The second kappa shape index (κ2) is 12.6. The molecule has 0 heterocycles. The molecule has 172 valence electrons. The lowest BCUT2D eigenvalue weighted by Crippen LogP contribution is -2.26. The fourth-order valence-electron chi connectivity index (χ4n) is 3.46. The van der Waals surface area contributed by atoms with Gasteiger partial charge in [-0.2, -0.15) is 0 Å². The van der Waals surface area contributed by atoms with Gasteiger partial charge in [-0.3, -0.25) is 0 Å². The number of allylic oxidation sites excluding steroid dienone is 1. The Morgan fingerprint density at radius 3 is 2.24 bits per heavy atom. The monoisotopic (exact) mass is 444 g/mol. The van der Waals surface area contributed by atoms with Gasteiger partial charge in [-0.1, -0.05) is 80.1 Å². The topological polar surface area (TPSA) is 55.8 Å². The maximum atomic E-state index is 11.4. The lowest BCUT2D eigenvalue weighted by Gasteiger charge is -2.14. The Labute approximate surface area is 196 Å². The standard InChI is InChI=1S/C29H32O4/c1-3-4-19-33-28(29(30)31)21-23-10-16-27(17-11-23)32-20-18-22(2)24-12-14-26(15-13-24)25-8-6-5-7-9-25/h5-18,28H,3-4,19-21H2,1-2H3,(H,30,31). The highest BCUT2D eigenvalue weighted by atomic mass is 16.5. The second-order valence-corrected chi connectivity index (χ2v) is 8.04. The van der Waals surface area contributed by atoms with Gasteiger partial charge in [0.25, 0.3) is 0 Å². The summed E-state index contributed by atoms with van der Waals surface area (Å²) in [5.74, 6) is -0.176. The van der Waals surface area contributed by atoms with E-state index in [1.165, 1.54) is 11.1 Å². The molecule has 4 nitrogen and oxygen atoms in total. The predicted molar refractivity (Wildman–Crippen MR) is 133 cm³/mol. The van der Waals surface area contributed by atoms with Crippen LogP contribution in [0.2, 0.25) is 0 Å². The SMILES string of the molecule is CCCCOC(Cc1ccc(OCC=C(C)c2ccc(-c3ccccc3)cc2)cc1)C(=O)O. The number of rotatable bonds is 12. The first-order valence-electron chi connectivity index (χ1n) is 11.5. The Balaban J connectivity index is 1.51. The Morgan fingerprint density at radius 1 is 0.939 bits per heavy atom. The van der Waals surface area contributed by atoms with Crippen LogP contribution in [0.1, 0.15) is 37.8 Å². The molecule has 0 aliphatic carbocycles. The molecule has 4 heteroatoms. The van der Waals surface area contributed by atoms with Crippen molar-refractivity contribution in [3.8, 4) is 16.9 Å². The van der Waals surface area contributed by atoms with Crippen molar-refractivity contribution in [2.75, 3.05) is 13.2 Å². The molecule has 0 radical (unpaired) electrons. The maximum Gasteiger partial charge on any atom is 0.333 e. The second-order valence-electron chi connectivity index (χ2n) is 8.04. The Bertz CT molecular complexity index is 1020. The van der Waals surface area contributed by atoms with Crippen LogP contribution in [0.5, 0.6) is 5.75 Å². The van der Waals surface area contributed by atoms with E-state index in [9.17, 15) is 9.90 Å². The molecular weight excluding hydrogens is 412 g/mol. The van der Waals surface area contributed by atoms with Crippen molar-refractivity contribution in [3.63, 3.8) is 0 Å². The van der Waals surface area contributed by atoms with Crippen LogP contribution < -0.4 is 4.74 Å². The van der Waals surface area contributed by atoms with Crippen LogP contribution in [0.4, 0.5) is 0 Å². The summed E-state index contributed by atoms with van der Waals surface area (Å²) < 4.78 is 11.4. The molecule has 1 atom stereocenters. The third-order valence-electron chi connectivity index (χ3n) is 5.52. The molecule has 1 unspecified atom stereocenters. The largest absolute Gasteiger partial charge is 0.490 e. The quantitative estimate of drug-likeness (QED) is 0.318. The number of carboxylic acid groups (broad SMARTS) is 1. The molecule has 0 fully saturated rings. The first kappa shape index (κ1) is 24.3. The van der Waals surface area contributed by atoms with Gasteiger partial charge < -0.3 is 14.6 Å². The zero-order chi connectivity index (χ0) is 23.5. The smallest absolute Gasteiger partial charge is 0.333 e. The molecule has 0 amide bonds. The van der Waals surface area contributed by atoms with E-state index in [0.717, 1.165) is 35.3 Å². The van der Waals surface area contributed by atoms with Crippen molar-refractivity contribution < 1.29 is 19.4 Å². The molecule has 0 spiro atoms. The Hall–Kier alpha value is -3.37. The highest BCUT2D eigenvalue weighted by Gasteiger charge is 2.18. The minimum Gasteiger partial charge on any atom is -0.490 e. The van der Waals surface area contributed by atoms with Crippen molar-refractivity contribution in [3.05, 3.63) is 96.1 Å². The van der Waals surface area contributed by atoms with E-state index >= 15 is 0 Å². The summed E-state index contributed by atoms with van der Waals surface area (Å²) in [5, 5.41) is 9.37. The number of unbranched alkanes of at least 4 members (excludes halogenated alkanes) is 1. The highest BCUT2D eigenvalue weighted by Crippen LogP contribution is 2.22. The van der Waals surface area contributed by atoms with E-state index in [4.69, 9.17) is 9.47 Å². The van der Waals surface area contributed by atoms with E-state index in [1.807, 2.05) is 42.5 Å². The number of carbonyl (C=O) groups is 1. The van der Waals surface area contributed by atoms with Crippen LogP contribution in [0, 0.1) is 0 Å². The third kappa shape index (κ3) is 7.62. The van der Waals surface area contributed by atoms with Gasteiger partial charge in [0.1, 0.15) is 12.4 Å². The van der Waals surface area contributed by atoms with Gasteiger partial charge in [0.05, 0.1) is 0 Å². The van der Waals surface area contributed by atoms with Crippen LogP contribution in [-0.2, 0) is 16.0 Å². The Morgan fingerprint density at radius 2 is 1.61 bits per heavy atom. The number of aliphatic carboxylic acids is 1. The molecule has 3 aromatic carbocycles. The van der Waals surface area contributed by atoms with Gasteiger partial charge in [0.15, 0.2) is 6.10 Å². The van der Waals surface area contributed by atoms with Crippen LogP contribution in [0.15, 0.2) is 84.9 Å². The molecule has 0 saturated heterocycles. The summed E-state index contributed by atoms with van der Waals surface area (Å²) in [6, 6.07) is 26.4. The van der Waals surface area contributed by atoms with Crippen LogP contribution >= 0.6 is 0 Å². The summed E-state index contributed by atoms with van der Waals surface area (Å²) in [4.78, 5) is 11.4. The summed E-state index contributed by atoms with van der Waals surface area (Å²) >= 11 is 0. The molecule has 0 aliphatic rings. The van der Waals surface area contributed by atoms with Gasteiger partial charge in [0, 0.05) is 13.0 Å². The molecule has 1 N–H and O–H groups in total. The van der Waals surface area contributed by atoms with Crippen LogP contribution in [0.3, 0.4) is 0 Å². The van der Waals surface area contributed by atoms with Gasteiger partial charge >= 0.3 is 5.97 Å². The van der Waals surface area contributed by atoms with Crippen molar-refractivity contribution >= 4 is 11.5 Å². The minimum atomic E-state index is -0.927. The number of ether oxygens (including phenoxy) is 2. The predicted octanol–water partition coefficient (Wildman–Crippen LogP) is 6.65. The van der Waals surface area contributed by atoms with E-state index in [0.29, 0.717) is 19.6 Å². The van der Waals surface area contributed by atoms with Gasteiger partial charge in [-0.25, -0.2) is 4.79 Å². The number of benzene rings is 3. The fraction of sp³-hybridized carbons (Fsp3) is 0.276. The van der Waals surface area contributed by atoms with E-state index in [1.54, 1.807) is 0 Å². The molecule has 0 bridgehead atoms. The van der Waals surface area contributed by atoms with Gasteiger partial charge in [-0.05, 0) is 59.4 Å². The molecule has 0 aromatic heterocycles. The Kier molecular flexibility index (Phi) is 9.28. The maximum absolute atomic E-state index is 11.4. The van der Waals surface area contributed by atoms with Gasteiger partial charge in [-0.15, -0.1) is 0 Å². The van der Waals surface area contributed by atoms with Crippen LogP contribution in [-0.4, -0.2) is 30.4 Å². The number of hydrogen-bond acceptors (Lipinski definition) is 3. The van der Waals surface area contributed by atoms with E-state index in [2.05, 4.69) is 56.3 Å². The molecule has 3 rings (SSSR count). The molecular formula is C29H32O4. The fourth-order valence-corrected chi connectivity index (χ4v) is 3.46. The van der Waals surface area contributed by atoms with Crippen molar-refractivity contribution in [2.24, 2.45) is 0 Å². The first-order chi connectivity index (χ1) is 16.1. The summed E-state index contributed by atoms with van der Waals surface area (Å²) in [7, 11) is 0. The molecule has 3 aromatic rings.